The van der Waals surface area contributed by atoms with Crippen LogP contribution in [-0.4, -0.2) is 19.0 Å². The first-order valence-corrected chi connectivity index (χ1v) is 12.7. The van der Waals surface area contributed by atoms with E-state index in [2.05, 4.69) is 11.7 Å². The van der Waals surface area contributed by atoms with Gasteiger partial charge in [-0.25, -0.2) is 9.59 Å². The molecule has 0 N–H and O–H groups in total. The lowest BCUT2D eigenvalue weighted by molar-refractivity contribution is -0.136. The van der Waals surface area contributed by atoms with Crippen LogP contribution >= 0.6 is 0 Å². The summed E-state index contributed by atoms with van der Waals surface area (Å²) >= 11 is 0. The van der Waals surface area contributed by atoms with Gasteiger partial charge in [-0.05, 0) is 26.7 Å². The molecule has 0 aliphatic carbocycles. The lowest BCUT2D eigenvalue weighted by Gasteiger charge is -2.04. The molecule has 0 aliphatic heterocycles. The highest BCUT2D eigenvalue weighted by Gasteiger charge is 2.07. The van der Waals surface area contributed by atoms with Gasteiger partial charge in [0.05, 0.1) is 12.7 Å². The summed E-state index contributed by atoms with van der Waals surface area (Å²) in [6, 6.07) is 0. The smallest absolute Gasteiger partial charge is 0.338 e. The number of rotatable bonds is 20. The molecule has 0 heterocycles. The van der Waals surface area contributed by atoms with Crippen LogP contribution in [0, 0.1) is 0 Å². The maximum Gasteiger partial charge on any atom is 0.338 e. The molecule has 180 valence electrons. The fourth-order valence-corrected chi connectivity index (χ4v) is 3.54. The Bertz CT molecular complexity index is 519. The fraction of sp³-hybridized carbons (Fsp3) is 0.778. The summed E-state index contributed by atoms with van der Waals surface area (Å²) in [5, 5.41) is 0. The van der Waals surface area contributed by atoms with Crippen LogP contribution in [0.15, 0.2) is 23.5 Å². The zero-order chi connectivity index (χ0) is 23.2. The molecule has 0 amide bonds. The largest absolute Gasteiger partial charge is 0.466 e. The number of allylic oxidation sites excluding steroid dienone is 1. The molecule has 4 nitrogen and oxygen atoms in total. The standard InChI is InChI=1S/C27H48O4/c1-5-6-7-8-9-10-11-12-13-14-15-16-17-18-19-20-21-22-24(2)27(29)31-23-25(3)26(28)30-4/h22-23H,5-21H2,1-4H3. The molecule has 4 heteroatoms. The Hall–Kier alpha value is -1.58. The Labute approximate surface area is 191 Å². The molecule has 0 saturated carbocycles. The molecule has 0 aliphatic rings. The molecule has 0 bridgehead atoms. The van der Waals surface area contributed by atoms with Crippen LogP contribution in [0.2, 0.25) is 0 Å². The summed E-state index contributed by atoms with van der Waals surface area (Å²) in [5.74, 6) is -0.914. The number of carbonyl (C=O) groups excluding carboxylic acids is 2. The van der Waals surface area contributed by atoms with Gasteiger partial charge >= 0.3 is 11.9 Å². The minimum Gasteiger partial charge on any atom is -0.466 e. The van der Waals surface area contributed by atoms with E-state index in [0.29, 0.717) is 5.57 Å². The van der Waals surface area contributed by atoms with Gasteiger partial charge in [0.1, 0.15) is 6.26 Å². The first-order chi connectivity index (χ1) is 15.0. The first-order valence-electron chi connectivity index (χ1n) is 12.7. The molecule has 0 radical (unpaired) electrons. The molecule has 31 heavy (non-hydrogen) atoms. The summed E-state index contributed by atoms with van der Waals surface area (Å²) in [6.45, 7) is 5.57. The van der Waals surface area contributed by atoms with Crippen LogP contribution in [0.3, 0.4) is 0 Å². The SMILES string of the molecule is CCCCCCCCCCCCCCCCCCC=C(C)C(=O)OC=C(C)C(=O)OC. The monoisotopic (exact) mass is 436 g/mol. The maximum absolute atomic E-state index is 11.9. The van der Waals surface area contributed by atoms with Crippen molar-refractivity contribution in [3.8, 4) is 0 Å². The molecular weight excluding hydrogens is 388 g/mol. The Kier molecular flexibility index (Phi) is 20.5. The molecular formula is C27H48O4. The van der Waals surface area contributed by atoms with Crippen molar-refractivity contribution in [1.29, 1.82) is 0 Å². The van der Waals surface area contributed by atoms with Gasteiger partial charge in [-0.1, -0.05) is 109 Å². The van der Waals surface area contributed by atoms with E-state index in [-0.39, 0.29) is 5.57 Å². The molecule has 0 rings (SSSR count). The lowest BCUT2D eigenvalue weighted by atomic mass is 10.0. The molecule has 0 atom stereocenters. The van der Waals surface area contributed by atoms with Crippen molar-refractivity contribution < 1.29 is 19.1 Å². The van der Waals surface area contributed by atoms with Gasteiger partial charge in [0.25, 0.3) is 0 Å². The lowest BCUT2D eigenvalue weighted by Crippen LogP contribution is -2.06. The second kappa shape index (κ2) is 21.6. The fourth-order valence-electron chi connectivity index (χ4n) is 3.54. The highest BCUT2D eigenvalue weighted by atomic mass is 16.5. The molecule has 0 saturated heterocycles. The second-order valence-electron chi connectivity index (χ2n) is 8.68. The van der Waals surface area contributed by atoms with Crippen molar-refractivity contribution in [3.05, 3.63) is 23.5 Å². The van der Waals surface area contributed by atoms with Gasteiger partial charge in [0.2, 0.25) is 0 Å². The third-order valence-corrected chi connectivity index (χ3v) is 5.68. The molecule has 0 aromatic carbocycles. The van der Waals surface area contributed by atoms with Crippen molar-refractivity contribution >= 4 is 11.9 Å². The van der Waals surface area contributed by atoms with E-state index in [1.165, 1.54) is 103 Å². The van der Waals surface area contributed by atoms with Crippen molar-refractivity contribution in [2.45, 2.75) is 130 Å². The zero-order valence-electron chi connectivity index (χ0n) is 20.8. The highest BCUT2D eigenvalue weighted by molar-refractivity contribution is 5.90. The van der Waals surface area contributed by atoms with Crippen LogP contribution in [0.1, 0.15) is 130 Å². The normalized spacial score (nSPS) is 12.1. The zero-order valence-corrected chi connectivity index (χ0v) is 20.8. The van der Waals surface area contributed by atoms with Gasteiger partial charge in [-0.15, -0.1) is 0 Å². The number of methoxy groups -OCH3 is 1. The van der Waals surface area contributed by atoms with E-state index < -0.39 is 11.9 Å². The van der Waals surface area contributed by atoms with E-state index >= 15 is 0 Å². The van der Waals surface area contributed by atoms with Crippen molar-refractivity contribution in [2.24, 2.45) is 0 Å². The van der Waals surface area contributed by atoms with E-state index in [0.717, 1.165) is 19.1 Å². The minimum atomic E-state index is -0.498. The van der Waals surface area contributed by atoms with E-state index in [1.54, 1.807) is 13.8 Å². The van der Waals surface area contributed by atoms with Gasteiger partial charge in [-0.2, -0.15) is 0 Å². The van der Waals surface area contributed by atoms with Gasteiger partial charge < -0.3 is 9.47 Å². The molecule has 0 spiro atoms. The van der Waals surface area contributed by atoms with Crippen molar-refractivity contribution in [1.82, 2.24) is 0 Å². The van der Waals surface area contributed by atoms with Crippen molar-refractivity contribution in [2.75, 3.05) is 7.11 Å². The quantitative estimate of drug-likeness (QED) is 0.0835. The van der Waals surface area contributed by atoms with Crippen LogP contribution in [0.25, 0.3) is 0 Å². The number of ether oxygens (including phenoxy) is 2. The molecule has 0 aromatic rings. The predicted molar refractivity (Wildman–Crippen MR) is 130 cm³/mol. The first kappa shape index (κ1) is 29.4. The second-order valence-corrected chi connectivity index (χ2v) is 8.68. The number of hydrogen-bond donors (Lipinski definition) is 0. The van der Waals surface area contributed by atoms with E-state index in [4.69, 9.17) is 4.74 Å². The molecule has 0 unspecified atom stereocenters. The maximum atomic E-state index is 11.9. The summed E-state index contributed by atoms with van der Waals surface area (Å²) < 4.78 is 9.56. The Morgan fingerprint density at radius 1 is 0.613 bits per heavy atom. The topological polar surface area (TPSA) is 52.6 Å². The Morgan fingerprint density at radius 3 is 1.45 bits per heavy atom. The third-order valence-electron chi connectivity index (χ3n) is 5.68. The number of hydrogen-bond acceptors (Lipinski definition) is 4. The minimum absolute atomic E-state index is 0.265. The van der Waals surface area contributed by atoms with Gasteiger partial charge in [-0.3, -0.25) is 0 Å². The van der Waals surface area contributed by atoms with E-state index in [9.17, 15) is 9.59 Å². The van der Waals surface area contributed by atoms with Crippen LogP contribution in [0.4, 0.5) is 0 Å². The van der Waals surface area contributed by atoms with Crippen LogP contribution in [-0.2, 0) is 19.1 Å². The number of unbranched alkanes of at least 4 members (excludes halogenated alkanes) is 16. The molecule has 0 aromatic heterocycles. The molecule has 0 fully saturated rings. The van der Waals surface area contributed by atoms with E-state index in [1.807, 2.05) is 6.08 Å². The van der Waals surface area contributed by atoms with Crippen molar-refractivity contribution in [3.63, 3.8) is 0 Å². The summed E-state index contributed by atoms with van der Waals surface area (Å²) in [6.07, 6.45) is 25.7. The summed E-state index contributed by atoms with van der Waals surface area (Å²) in [5.41, 5.74) is 0.844. The average Bonchev–Trinajstić information content (AvgIpc) is 2.78. The van der Waals surface area contributed by atoms with Gasteiger partial charge in [0.15, 0.2) is 0 Å². The van der Waals surface area contributed by atoms with Crippen LogP contribution < -0.4 is 0 Å². The third kappa shape index (κ3) is 18.9. The Morgan fingerprint density at radius 2 is 1.03 bits per heavy atom. The average molecular weight is 437 g/mol. The summed E-state index contributed by atoms with van der Waals surface area (Å²) in [4.78, 5) is 23.1. The van der Waals surface area contributed by atoms with Gasteiger partial charge in [0, 0.05) is 5.57 Å². The predicted octanol–water partition coefficient (Wildman–Crippen LogP) is 8.20. The number of esters is 2. The Balaban J connectivity index is 3.50. The highest BCUT2D eigenvalue weighted by Crippen LogP contribution is 2.14. The summed E-state index contributed by atoms with van der Waals surface area (Å²) in [7, 11) is 1.30. The number of carbonyl (C=O) groups is 2. The van der Waals surface area contributed by atoms with Crippen LogP contribution in [0.5, 0.6) is 0 Å².